The van der Waals surface area contributed by atoms with E-state index in [-0.39, 0.29) is 0 Å². The highest BCUT2D eigenvalue weighted by molar-refractivity contribution is 5.78. The maximum atomic E-state index is 12.7. The van der Waals surface area contributed by atoms with E-state index in [1.165, 1.54) is 38.6 Å². The molecule has 0 radical (unpaired) electrons. The minimum atomic E-state index is 0.369. The predicted molar refractivity (Wildman–Crippen MR) is 96.1 cm³/mol. The third kappa shape index (κ3) is 4.93. The van der Waals surface area contributed by atoms with Gasteiger partial charge in [0.2, 0.25) is 5.91 Å². The molecule has 5 heteroatoms. The first-order valence-corrected chi connectivity index (χ1v) is 10.1. The summed E-state index contributed by atoms with van der Waals surface area (Å²) in [6.07, 6.45) is 7.25. The van der Waals surface area contributed by atoms with Crippen LogP contribution in [0.15, 0.2) is 0 Å². The normalized spacial score (nSPS) is 28.2. The molecule has 0 bridgehead atoms. The van der Waals surface area contributed by atoms with Crippen LogP contribution in [0.4, 0.5) is 0 Å². The third-order valence-electron chi connectivity index (χ3n) is 6.10. The van der Waals surface area contributed by atoms with E-state index in [0.717, 1.165) is 58.3 Å². The number of carbonyl (C=O) groups excluding carboxylic acids is 1. The summed E-state index contributed by atoms with van der Waals surface area (Å²) in [6.45, 7) is 11.2. The second-order valence-electron chi connectivity index (χ2n) is 7.78. The van der Waals surface area contributed by atoms with Crippen LogP contribution in [0.3, 0.4) is 0 Å². The zero-order chi connectivity index (χ0) is 16.8. The molecule has 138 valence electrons. The van der Waals surface area contributed by atoms with Gasteiger partial charge in [-0.3, -0.25) is 14.6 Å². The van der Waals surface area contributed by atoms with E-state index in [1.54, 1.807) is 0 Å². The maximum Gasteiger partial charge on any atom is 0.236 e. The first kappa shape index (κ1) is 18.2. The Morgan fingerprint density at radius 3 is 2.42 bits per heavy atom. The predicted octanol–water partition coefficient (Wildman–Crippen LogP) is 1.82. The summed E-state index contributed by atoms with van der Waals surface area (Å²) in [5.41, 5.74) is 0. The molecule has 0 aromatic carbocycles. The summed E-state index contributed by atoms with van der Waals surface area (Å²) in [6, 6.07) is 0.491. The van der Waals surface area contributed by atoms with E-state index in [0.29, 0.717) is 18.5 Å². The van der Waals surface area contributed by atoms with E-state index in [1.807, 2.05) is 0 Å². The lowest BCUT2D eigenvalue weighted by molar-refractivity contribution is -0.136. The third-order valence-corrected chi connectivity index (χ3v) is 6.10. The van der Waals surface area contributed by atoms with Gasteiger partial charge in [-0.2, -0.15) is 0 Å². The Morgan fingerprint density at radius 1 is 0.958 bits per heavy atom. The molecule has 24 heavy (non-hydrogen) atoms. The Balaban J connectivity index is 1.39. The number of amides is 1. The van der Waals surface area contributed by atoms with Crippen molar-refractivity contribution in [3.8, 4) is 0 Å². The lowest BCUT2D eigenvalue weighted by Gasteiger charge is -2.39. The molecule has 3 aliphatic heterocycles. The average Bonchev–Trinajstić information content (AvgIpc) is 2.64. The van der Waals surface area contributed by atoms with Crippen LogP contribution in [-0.2, 0) is 9.53 Å². The highest BCUT2D eigenvalue weighted by Crippen LogP contribution is 2.22. The van der Waals surface area contributed by atoms with Crippen molar-refractivity contribution in [2.24, 2.45) is 5.92 Å². The van der Waals surface area contributed by atoms with Gasteiger partial charge in [0.1, 0.15) is 0 Å². The fraction of sp³-hybridized carbons (Fsp3) is 0.947. The van der Waals surface area contributed by atoms with E-state index in [2.05, 4.69) is 21.6 Å². The molecule has 0 aromatic rings. The minimum Gasteiger partial charge on any atom is -0.379 e. The molecule has 0 aromatic heterocycles. The van der Waals surface area contributed by atoms with Gasteiger partial charge < -0.3 is 9.64 Å². The number of rotatable bonds is 5. The van der Waals surface area contributed by atoms with Crippen molar-refractivity contribution in [3.63, 3.8) is 0 Å². The Morgan fingerprint density at radius 2 is 1.71 bits per heavy atom. The average molecular weight is 338 g/mol. The summed E-state index contributed by atoms with van der Waals surface area (Å²) in [5.74, 6) is 1.17. The zero-order valence-electron chi connectivity index (χ0n) is 15.4. The van der Waals surface area contributed by atoms with Crippen molar-refractivity contribution < 1.29 is 9.53 Å². The quantitative estimate of drug-likeness (QED) is 0.767. The second kappa shape index (κ2) is 9.16. The van der Waals surface area contributed by atoms with Gasteiger partial charge in [-0.05, 0) is 57.5 Å². The molecular formula is C19H35N3O2. The lowest BCUT2D eigenvalue weighted by atomic mass is 9.95. The molecule has 1 atom stereocenters. The van der Waals surface area contributed by atoms with E-state index < -0.39 is 0 Å². The molecule has 1 amide bonds. The Kier molecular flexibility index (Phi) is 6.93. The fourth-order valence-corrected chi connectivity index (χ4v) is 4.51. The number of ether oxygens (including phenoxy) is 1. The van der Waals surface area contributed by atoms with E-state index in [4.69, 9.17) is 4.74 Å². The van der Waals surface area contributed by atoms with Crippen molar-refractivity contribution in [1.29, 1.82) is 0 Å². The Labute approximate surface area is 147 Å². The summed E-state index contributed by atoms with van der Waals surface area (Å²) in [5, 5.41) is 0. The molecule has 3 rings (SSSR count). The SMILES string of the molecule is CCC1CCCCN1C(=O)CN1CCC(CN2CCOCC2)CC1. The summed E-state index contributed by atoms with van der Waals surface area (Å²) in [4.78, 5) is 19.8. The van der Waals surface area contributed by atoms with Gasteiger partial charge in [0.05, 0.1) is 19.8 Å². The molecule has 0 aliphatic carbocycles. The van der Waals surface area contributed by atoms with E-state index >= 15 is 0 Å². The van der Waals surface area contributed by atoms with E-state index in [9.17, 15) is 4.79 Å². The van der Waals surface area contributed by atoms with Crippen molar-refractivity contribution >= 4 is 5.91 Å². The van der Waals surface area contributed by atoms with Crippen molar-refractivity contribution in [1.82, 2.24) is 14.7 Å². The molecule has 0 saturated carbocycles. The Bertz CT molecular complexity index is 390. The van der Waals surface area contributed by atoms with Crippen molar-refractivity contribution in [2.45, 2.75) is 51.5 Å². The van der Waals surface area contributed by atoms with Crippen molar-refractivity contribution in [3.05, 3.63) is 0 Å². The molecule has 1 unspecified atom stereocenters. The van der Waals surface area contributed by atoms with Gasteiger partial charge in [-0.25, -0.2) is 0 Å². The molecule has 3 aliphatic rings. The standard InChI is InChI=1S/C19H35N3O2/c1-2-18-5-3-4-8-22(18)19(23)16-20-9-6-17(7-10-20)15-21-11-13-24-14-12-21/h17-18H,2-16H2,1H3. The van der Waals surface area contributed by atoms with Crippen LogP contribution < -0.4 is 0 Å². The zero-order valence-corrected chi connectivity index (χ0v) is 15.4. The molecule has 3 saturated heterocycles. The van der Waals surface area contributed by atoms with Crippen LogP contribution in [0.25, 0.3) is 0 Å². The molecule has 3 fully saturated rings. The fourth-order valence-electron chi connectivity index (χ4n) is 4.51. The summed E-state index contributed by atoms with van der Waals surface area (Å²) < 4.78 is 5.43. The smallest absolute Gasteiger partial charge is 0.236 e. The first-order chi connectivity index (χ1) is 11.8. The first-order valence-electron chi connectivity index (χ1n) is 10.1. The highest BCUT2D eigenvalue weighted by atomic mass is 16.5. The van der Waals surface area contributed by atoms with Crippen LogP contribution in [0.1, 0.15) is 45.4 Å². The molecule has 3 heterocycles. The largest absolute Gasteiger partial charge is 0.379 e. The van der Waals surface area contributed by atoms with Crippen LogP contribution >= 0.6 is 0 Å². The van der Waals surface area contributed by atoms with Crippen molar-refractivity contribution in [2.75, 3.05) is 59.0 Å². The number of morpholine rings is 1. The lowest BCUT2D eigenvalue weighted by Crippen LogP contribution is -2.49. The summed E-state index contributed by atoms with van der Waals surface area (Å²) >= 11 is 0. The van der Waals surface area contributed by atoms with Gasteiger partial charge in [-0.1, -0.05) is 6.92 Å². The number of hydrogen-bond acceptors (Lipinski definition) is 4. The van der Waals surface area contributed by atoms with Crippen LogP contribution in [0.2, 0.25) is 0 Å². The Hall–Kier alpha value is -0.650. The number of hydrogen-bond donors (Lipinski definition) is 0. The summed E-state index contributed by atoms with van der Waals surface area (Å²) in [7, 11) is 0. The van der Waals surface area contributed by atoms with Gasteiger partial charge in [0, 0.05) is 32.2 Å². The number of likely N-dealkylation sites (tertiary alicyclic amines) is 2. The number of piperidine rings is 2. The maximum absolute atomic E-state index is 12.7. The van der Waals surface area contributed by atoms with Gasteiger partial charge in [-0.15, -0.1) is 0 Å². The minimum absolute atomic E-state index is 0.369. The molecule has 5 nitrogen and oxygen atoms in total. The highest BCUT2D eigenvalue weighted by Gasteiger charge is 2.28. The second-order valence-corrected chi connectivity index (χ2v) is 7.78. The van der Waals surface area contributed by atoms with Gasteiger partial charge in [0.15, 0.2) is 0 Å². The monoisotopic (exact) mass is 337 g/mol. The van der Waals surface area contributed by atoms with Gasteiger partial charge >= 0.3 is 0 Å². The van der Waals surface area contributed by atoms with Crippen LogP contribution in [-0.4, -0.2) is 85.7 Å². The molecule has 0 N–H and O–H groups in total. The topological polar surface area (TPSA) is 36.0 Å². The number of carbonyl (C=O) groups is 1. The molecular weight excluding hydrogens is 302 g/mol. The number of nitrogens with zero attached hydrogens (tertiary/aromatic N) is 3. The van der Waals surface area contributed by atoms with Crippen LogP contribution in [0, 0.1) is 5.92 Å². The van der Waals surface area contributed by atoms with Crippen LogP contribution in [0.5, 0.6) is 0 Å². The van der Waals surface area contributed by atoms with Gasteiger partial charge in [0.25, 0.3) is 0 Å². The molecule has 0 spiro atoms.